The molecule has 1 amide bonds. The number of anilines is 1. The van der Waals surface area contributed by atoms with Crippen molar-refractivity contribution >= 4 is 17.3 Å². The van der Waals surface area contributed by atoms with Crippen molar-refractivity contribution in [3.8, 4) is 0 Å². The fourth-order valence-electron chi connectivity index (χ4n) is 2.22. The first-order valence-electron chi connectivity index (χ1n) is 7.01. The standard InChI is InChI=1S/C18H20N2O/c1-3-20(17-7-5-4-6-8-17)18(21)13-15-9-11-16(12-10-15)14(2)19/h4-12H,2-3,13,19H2,1H3. The molecule has 2 aromatic carbocycles. The molecule has 0 atom stereocenters. The van der Waals surface area contributed by atoms with Crippen molar-refractivity contribution < 1.29 is 4.79 Å². The second-order valence-corrected chi connectivity index (χ2v) is 4.87. The van der Waals surface area contributed by atoms with Crippen molar-refractivity contribution in [3.63, 3.8) is 0 Å². The van der Waals surface area contributed by atoms with E-state index in [-0.39, 0.29) is 5.91 Å². The zero-order valence-electron chi connectivity index (χ0n) is 12.3. The van der Waals surface area contributed by atoms with Gasteiger partial charge in [0.25, 0.3) is 0 Å². The highest BCUT2D eigenvalue weighted by atomic mass is 16.2. The van der Waals surface area contributed by atoms with Crippen LogP contribution in [-0.2, 0) is 11.2 Å². The molecule has 0 aliphatic heterocycles. The second kappa shape index (κ2) is 6.75. The molecule has 0 radical (unpaired) electrons. The van der Waals surface area contributed by atoms with Gasteiger partial charge in [-0.3, -0.25) is 4.79 Å². The Morgan fingerprint density at radius 2 is 1.71 bits per heavy atom. The summed E-state index contributed by atoms with van der Waals surface area (Å²) in [5.41, 5.74) is 8.97. The predicted octanol–water partition coefficient (Wildman–Crippen LogP) is 3.21. The molecular weight excluding hydrogens is 260 g/mol. The van der Waals surface area contributed by atoms with Gasteiger partial charge in [0.05, 0.1) is 6.42 Å². The molecule has 2 N–H and O–H groups in total. The van der Waals surface area contributed by atoms with Crippen molar-refractivity contribution in [2.24, 2.45) is 5.73 Å². The van der Waals surface area contributed by atoms with Crippen molar-refractivity contribution in [1.29, 1.82) is 0 Å². The summed E-state index contributed by atoms with van der Waals surface area (Å²) in [5.74, 6) is 0.0861. The largest absolute Gasteiger partial charge is 0.399 e. The van der Waals surface area contributed by atoms with E-state index in [9.17, 15) is 4.79 Å². The zero-order valence-corrected chi connectivity index (χ0v) is 12.3. The topological polar surface area (TPSA) is 46.3 Å². The number of benzene rings is 2. The Morgan fingerprint density at radius 3 is 2.24 bits per heavy atom. The number of hydrogen-bond acceptors (Lipinski definition) is 2. The number of nitrogens with two attached hydrogens (primary N) is 1. The molecule has 0 aliphatic rings. The van der Waals surface area contributed by atoms with Crippen molar-refractivity contribution in [2.45, 2.75) is 13.3 Å². The molecule has 2 rings (SSSR count). The average Bonchev–Trinajstić information content (AvgIpc) is 2.49. The molecule has 0 aliphatic carbocycles. The predicted molar refractivity (Wildman–Crippen MR) is 87.8 cm³/mol. The number of amides is 1. The van der Waals surface area contributed by atoms with E-state index >= 15 is 0 Å². The van der Waals surface area contributed by atoms with Crippen LogP contribution in [0.5, 0.6) is 0 Å². The second-order valence-electron chi connectivity index (χ2n) is 4.87. The van der Waals surface area contributed by atoms with Crippen LogP contribution in [0.15, 0.2) is 61.2 Å². The minimum Gasteiger partial charge on any atom is -0.399 e. The molecule has 0 saturated carbocycles. The lowest BCUT2D eigenvalue weighted by Crippen LogP contribution is -2.31. The van der Waals surface area contributed by atoms with E-state index < -0.39 is 0 Å². The van der Waals surface area contributed by atoms with E-state index in [0.29, 0.717) is 18.7 Å². The molecule has 0 saturated heterocycles. The van der Waals surface area contributed by atoms with Crippen LogP contribution in [0.4, 0.5) is 5.69 Å². The number of carbonyl (C=O) groups excluding carboxylic acids is 1. The maximum absolute atomic E-state index is 12.4. The van der Waals surface area contributed by atoms with Gasteiger partial charge < -0.3 is 10.6 Å². The highest BCUT2D eigenvalue weighted by Crippen LogP contribution is 2.16. The zero-order chi connectivity index (χ0) is 15.2. The third kappa shape index (κ3) is 3.72. The van der Waals surface area contributed by atoms with Crippen LogP contribution in [0, 0.1) is 0 Å². The quantitative estimate of drug-likeness (QED) is 0.914. The summed E-state index contributed by atoms with van der Waals surface area (Å²) in [6.45, 7) is 6.33. The maximum atomic E-state index is 12.4. The van der Waals surface area contributed by atoms with Crippen LogP contribution < -0.4 is 10.6 Å². The van der Waals surface area contributed by atoms with E-state index in [1.54, 1.807) is 4.90 Å². The summed E-state index contributed by atoms with van der Waals surface area (Å²) < 4.78 is 0. The first kappa shape index (κ1) is 14.9. The van der Waals surface area contributed by atoms with Crippen molar-refractivity contribution in [2.75, 3.05) is 11.4 Å². The maximum Gasteiger partial charge on any atom is 0.231 e. The van der Waals surface area contributed by atoms with Gasteiger partial charge in [-0.1, -0.05) is 49.0 Å². The number of likely N-dealkylation sites (N-methyl/N-ethyl adjacent to an activating group) is 1. The van der Waals surface area contributed by atoms with E-state index in [2.05, 4.69) is 6.58 Å². The highest BCUT2D eigenvalue weighted by molar-refractivity contribution is 5.94. The Kier molecular flexibility index (Phi) is 4.77. The fraction of sp³-hybridized carbons (Fsp3) is 0.167. The monoisotopic (exact) mass is 280 g/mol. The van der Waals surface area contributed by atoms with Crippen LogP contribution in [0.2, 0.25) is 0 Å². The molecule has 0 aromatic heterocycles. The average molecular weight is 280 g/mol. The lowest BCUT2D eigenvalue weighted by molar-refractivity contribution is -0.117. The van der Waals surface area contributed by atoms with Crippen LogP contribution in [0.25, 0.3) is 5.70 Å². The molecule has 0 heterocycles. The Labute approximate surface area is 125 Å². The van der Waals surface area contributed by atoms with Gasteiger partial charge >= 0.3 is 0 Å². The lowest BCUT2D eigenvalue weighted by atomic mass is 10.1. The first-order chi connectivity index (χ1) is 10.1. The van der Waals surface area contributed by atoms with E-state index in [4.69, 9.17) is 5.73 Å². The van der Waals surface area contributed by atoms with E-state index in [0.717, 1.165) is 16.8 Å². The number of hydrogen-bond donors (Lipinski definition) is 1. The Bertz CT molecular complexity index is 617. The Morgan fingerprint density at radius 1 is 1.10 bits per heavy atom. The molecule has 108 valence electrons. The summed E-state index contributed by atoms with van der Waals surface area (Å²) in [6.07, 6.45) is 0.375. The van der Waals surface area contributed by atoms with Crippen LogP contribution >= 0.6 is 0 Å². The van der Waals surface area contributed by atoms with Gasteiger partial charge in [-0.25, -0.2) is 0 Å². The van der Waals surface area contributed by atoms with Gasteiger partial charge in [0.2, 0.25) is 5.91 Å². The Balaban J connectivity index is 2.11. The minimum atomic E-state index is 0.0861. The van der Waals surface area contributed by atoms with Gasteiger partial charge in [0.1, 0.15) is 0 Å². The third-order valence-corrected chi connectivity index (χ3v) is 3.37. The molecule has 0 unspecified atom stereocenters. The summed E-state index contributed by atoms with van der Waals surface area (Å²) in [5, 5.41) is 0. The number of rotatable bonds is 5. The number of carbonyl (C=O) groups is 1. The van der Waals surface area contributed by atoms with Crippen molar-refractivity contribution in [3.05, 3.63) is 72.3 Å². The Hall–Kier alpha value is -2.55. The summed E-state index contributed by atoms with van der Waals surface area (Å²) in [4.78, 5) is 14.2. The van der Waals surface area contributed by atoms with Gasteiger partial charge in [-0.05, 0) is 30.2 Å². The number of para-hydroxylation sites is 1. The normalized spacial score (nSPS) is 10.1. The highest BCUT2D eigenvalue weighted by Gasteiger charge is 2.14. The number of nitrogens with zero attached hydrogens (tertiary/aromatic N) is 1. The van der Waals surface area contributed by atoms with Gasteiger partial charge in [0, 0.05) is 17.9 Å². The van der Waals surface area contributed by atoms with Gasteiger partial charge in [-0.2, -0.15) is 0 Å². The third-order valence-electron chi connectivity index (χ3n) is 3.37. The molecule has 0 bridgehead atoms. The van der Waals surface area contributed by atoms with Crippen LogP contribution in [0.3, 0.4) is 0 Å². The summed E-state index contributed by atoms with van der Waals surface area (Å²) in [7, 11) is 0. The van der Waals surface area contributed by atoms with E-state index in [1.165, 1.54) is 0 Å². The fourth-order valence-corrected chi connectivity index (χ4v) is 2.22. The molecular formula is C18H20N2O. The van der Waals surface area contributed by atoms with Crippen LogP contribution in [0.1, 0.15) is 18.1 Å². The molecule has 3 nitrogen and oxygen atoms in total. The molecule has 2 aromatic rings. The SMILES string of the molecule is C=C(N)c1ccc(CC(=O)N(CC)c2ccccc2)cc1. The smallest absolute Gasteiger partial charge is 0.231 e. The van der Waals surface area contributed by atoms with Gasteiger partial charge in [0.15, 0.2) is 0 Å². The molecule has 21 heavy (non-hydrogen) atoms. The van der Waals surface area contributed by atoms with Gasteiger partial charge in [-0.15, -0.1) is 0 Å². The van der Waals surface area contributed by atoms with Crippen LogP contribution in [-0.4, -0.2) is 12.5 Å². The molecule has 3 heteroatoms. The molecule has 0 spiro atoms. The minimum absolute atomic E-state index is 0.0861. The van der Waals surface area contributed by atoms with Crippen molar-refractivity contribution in [1.82, 2.24) is 0 Å². The summed E-state index contributed by atoms with van der Waals surface area (Å²) >= 11 is 0. The first-order valence-corrected chi connectivity index (χ1v) is 7.01. The molecule has 0 fully saturated rings. The summed E-state index contributed by atoms with van der Waals surface area (Å²) in [6, 6.07) is 17.3. The lowest BCUT2D eigenvalue weighted by Gasteiger charge is -2.21. The van der Waals surface area contributed by atoms with E-state index in [1.807, 2.05) is 61.5 Å².